The number of ether oxygens (including phenoxy) is 1. The molecule has 3 rings (SSSR count). The highest BCUT2D eigenvalue weighted by atomic mass is 16.5. The second-order valence-corrected chi connectivity index (χ2v) is 7.87. The van der Waals surface area contributed by atoms with Gasteiger partial charge >= 0.3 is 5.97 Å². The monoisotopic (exact) mass is 366 g/mol. The van der Waals surface area contributed by atoms with Crippen molar-refractivity contribution in [3.8, 4) is 11.5 Å². The number of aromatic hydroxyl groups is 1. The summed E-state index contributed by atoms with van der Waals surface area (Å²) < 4.78 is 5.80. The van der Waals surface area contributed by atoms with E-state index in [1.807, 2.05) is 26.0 Å². The number of aryl methyl sites for hydroxylation is 3. The highest BCUT2D eigenvalue weighted by Gasteiger charge is 2.37. The van der Waals surface area contributed by atoms with E-state index in [9.17, 15) is 9.90 Å². The second-order valence-electron chi connectivity index (χ2n) is 7.87. The van der Waals surface area contributed by atoms with Crippen LogP contribution in [0.15, 0.2) is 24.3 Å². The van der Waals surface area contributed by atoms with Gasteiger partial charge in [-0.3, -0.25) is 4.79 Å². The fourth-order valence-electron chi connectivity index (χ4n) is 3.94. The van der Waals surface area contributed by atoms with Crippen molar-refractivity contribution in [1.29, 1.82) is 0 Å². The fraction of sp³-hybridized carbons (Fsp3) is 0.458. The van der Waals surface area contributed by atoms with E-state index in [-0.39, 0.29) is 5.97 Å². The molecule has 1 aliphatic heterocycles. The Morgan fingerprint density at radius 2 is 1.78 bits per heavy atom. The number of esters is 1. The summed E-state index contributed by atoms with van der Waals surface area (Å²) >= 11 is 0. The molecule has 27 heavy (non-hydrogen) atoms. The topological polar surface area (TPSA) is 46.5 Å². The average Bonchev–Trinajstić information content (AvgIpc) is 2.98. The molecular weight excluding hydrogens is 336 g/mol. The van der Waals surface area contributed by atoms with Crippen LogP contribution in [0.3, 0.4) is 0 Å². The van der Waals surface area contributed by atoms with Crippen LogP contribution >= 0.6 is 0 Å². The summed E-state index contributed by atoms with van der Waals surface area (Å²) in [4.78, 5) is 12.8. The van der Waals surface area contributed by atoms with Crippen LogP contribution in [0, 0.1) is 13.8 Å². The summed E-state index contributed by atoms with van der Waals surface area (Å²) in [6.07, 6.45) is 4.30. The number of phenolic OH excluding ortho intramolecular Hbond substituents is 1. The van der Waals surface area contributed by atoms with Crippen molar-refractivity contribution in [2.45, 2.75) is 72.1 Å². The molecule has 3 heteroatoms. The molecule has 2 atom stereocenters. The highest BCUT2D eigenvalue weighted by Crippen LogP contribution is 2.45. The van der Waals surface area contributed by atoms with E-state index in [0.717, 1.165) is 59.3 Å². The number of rotatable bonds is 6. The average molecular weight is 367 g/mol. The molecule has 0 saturated heterocycles. The summed E-state index contributed by atoms with van der Waals surface area (Å²) in [6, 6.07) is 8.20. The first-order valence-electron chi connectivity index (χ1n) is 10.1. The Morgan fingerprint density at radius 3 is 2.37 bits per heavy atom. The molecule has 2 unspecified atom stereocenters. The summed E-state index contributed by atoms with van der Waals surface area (Å²) in [7, 11) is 0. The maximum atomic E-state index is 12.8. The number of unbranched alkanes of at least 4 members (excludes halogenated alkanes) is 1. The normalized spacial score (nSPS) is 16.9. The van der Waals surface area contributed by atoms with Gasteiger partial charge in [0.1, 0.15) is 17.4 Å². The molecule has 2 aromatic carbocycles. The van der Waals surface area contributed by atoms with Crippen LogP contribution in [0.1, 0.15) is 85.3 Å². The van der Waals surface area contributed by atoms with Crippen LogP contribution < -0.4 is 4.74 Å². The minimum absolute atomic E-state index is 0.216. The summed E-state index contributed by atoms with van der Waals surface area (Å²) in [6.45, 7) is 10.3. The minimum Gasteiger partial charge on any atom is -0.507 e. The minimum atomic E-state index is -0.414. The van der Waals surface area contributed by atoms with Crippen molar-refractivity contribution in [3.05, 3.63) is 57.6 Å². The summed E-state index contributed by atoms with van der Waals surface area (Å²) in [5.41, 5.74) is 5.87. The van der Waals surface area contributed by atoms with Crippen molar-refractivity contribution >= 4 is 5.97 Å². The lowest BCUT2D eigenvalue weighted by Crippen LogP contribution is -2.12. The van der Waals surface area contributed by atoms with Crippen molar-refractivity contribution in [2.24, 2.45) is 0 Å². The van der Waals surface area contributed by atoms with Crippen LogP contribution in [-0.4, -0.2) is 11.1 Å². The van der Waals surface area contributed by atoms with E-state index in [2.05, 4.69) is 32.9 Å². The first-order valence-corrected chi connectivity index (χ1v) is 10.1. The van der Waals surface area contributed by atoms with E-state index < -0.39 is 5.92 Å². The Balaban J connectivity index is 2.15. The Labute approximate surface area is 162 Å². The first kappa shape index (κ1) is 19.5. The van der Waals surface area contributed by atoms with Gasteiger partial charge in [-0.05, 0) is 66.8 Å². The van der Waals surface area contributed by atoms with Crippen LogP contribution in [0.2, 0.25) is 0 Å². The zero-order valence-electron chi connectivity index (χ0n) is 17.1. The number of hydrogen-bond donors (Lipinski definition) is 1. The lowest BCUT2D eigenvalue weighted by atomic mass is 9.85. The van der Waals surface area contributed by atoms with Gasteiger partial charge in [0.25, 0.3) is 0 Å². The molecule has 3 nitrogen and oxygen atoms in total. The lowest BCUT2D eigenvalue weighted by molar-refractivity contribution is -0.133. The highest BCUT2D eigenvalue weighted by molar-refractivity contribution is 5.90. The number of fused-ring (bicyclic) bond motifs is 1. The second kappa shape index (κ2) is 7.75. The molecule has 0 bridgehead atoms. The van der Waals surface area contributed by atoms with Crippen LogP contribution in [0.4, 0.5) is 0 Å². The zero-order chi connectivity index (χ0) is 19.7. The molecule has 0 spiro atoms. The predicted octanol–water partition coefficient (Wildman–Crippen LogP) is 5.92. The maximum Gasteiger partial charge on any atom is 0.323 e. The number of hydrogen-bond acceptors (Lipinski definition) is 3. The number of carbonyl (C=O) groups excluding carboxylic acids is 1. The number of carbonyl (C=O) groups is 1. The molecule has 1 heterocycles. The van der Waals surface area contributed by atoms with E-state index >= 15 is 0 Å². The van der Waals surface area contributed by atoms with Crippen LogP contribution in [-0.2, 0) is 11.2 Å². The third kappa shape index (κ3) is 3.60. The van der Waals surface area contributed by atoms with Gasteiger partial charge < -0.3 is 9.84 Å². The van der Waals surface area contributed by atoms with Crippen molar-refractivity contribution < 1.29 is 14.6 Å². The molecule has 0 fully saturated rings. The van der Waals surface area contributed by atoms with Crippen molar-refractivity contribution in [3.63, 3.8) is 0 Å². The standard InChI is InChI=1S/C24H30O3/c1-6-8-9-17-12-19(14(3)7-2)23-20(13-17)21(24(26)27-23)18-10-15(4)22(25)16(5)11-18/h10-14,21,25H,6-9H2,1-5H3. The van der Waals surface area contributed by atoms with Gasteiger partial charge in [-0.1, -0.05) is 51.5 Å². The molecule has 0 saturated carbocycles. The summed E-state index contributed by atoms with van der Waals surface area (Å²) in [5, 5.41) is 10.1. The van der Waals surface area contributed by atoms with Gasteiger partial charge in [-0.25, -0.2) is 0 Å². The molecule has 144 valence electrons. The Morgan fingerprint density at radius 1 is 1.11 bits per heavy atom. The van der Waals surface area contributed by atoms with Crippen LogP contribution in [0.25, 0.3) is 0 Å². The van der Waals surface area contributed by atoms with E-state index in [1.54, 1.807) is 0 Å². The molecule has 0 amide bonds. The van der Waals surface area contributed by atoms with E-state index in [4.69, 9.17) is 4.74 Å². The summed E-state index contributed by atoms with van der Waals surface area (Å²) in [5.74, 6) is 0.759. The lowest BCUT2D eigenvalue weighted by Gasteiger charge is -2.16. The van der Waals surface area contributed by atoms with Gasteiger partial charge in [0.2, 0.25) is 0 Å². The smallest absolute Gasteiger partial charge is 0.323 e. The molecule has 0 aromatic heterocycles. The largest absolute Gasteiger partial charge is 0.507 e. The van der Waals surface area contributed by atoms with Gasteiger partial charge in [0, 0.05) is 5.56 Å². The van der Waals surface area contributed by atoms with E-state index in [0.29, 0.717) is 11.7 Å². The van der Waals surface area contributed by atoms with Gasteiger partial charge in [0.05, 0.1) is 0 Å². The predicted molar refractivity (Wildman–Crippen MR) is 109 cm³/mol. The third-order valence-electron chi connectivity index (χ3n) is 5.76. The number of phenols is 1. The van der Waals surface area contributed by atoms with Crippen molar-refractivity contribution in [2.75, 3.05) is 0 Å². The van der Waals surface area contributed by atoms with Gasteiger partial charge in [-0.2, -0.15) is 0 Å². The fourth-order valence-corrected chi connectivity index (χ4v) is 3.94. The van der Waals surface area contributed by atoms with Crippen molar-refractivity contribution in [1.82, 2.24) is 0 Å². The molecule has 1 N–H and O–H groups in total. The quantitative estimate of drug-likeness (QED) is 0.510. The maximum absolute atomic E-state index is 12.8. The molecular formula is C24H30O3. The first-order chi connectivity index (χ1) is 12.9. The van der Waals surface area contributed by atoms with E-state index in [1.165, 1.54) is 5.56 Å². The SMILES string of the molecule is CCCCc1cc(C(C)CC)c2c(c1)C(c1cc(C)c(O)c(C)c1)C(=O)O2. The molecule has 0 aliphatic carbocycles. The molecule has 0 radical (unpaired) electrons. The molecule has 1 aliphatic rings. The Kier molecular flexibility index (Phi) is 5.59. The number of benzene rings is 2. The third-order valence-corrected chi connectivity index (χ3v) is 5.76. The zero-order valence-corrected chi connectivity index (χ0v) is 17.1. The van der Waals surface area contributed by atoms with Crippen LogP contribution in [0.5, 0.6) is 11.5 Å². The van der Waals surface area contributed by atoms with Gasteiger partial charge in [-0.15, -0.1) is 0 Å². The van der Waals surface area contributed by atoms with Gasteiger partial charge in [0.15, 0.2) is 0 Å². The Bertz CT molecular complexity index is 843. The Hall–Kier alpha value is -2.29. The molecule has 2 aromatic rings.